The zero-order valence-corrected chi connectivity index (χ0v) is 14.0. The topological polar surface area (TPSA) is 79.6 Å². The Morgan fingerprint density at radius 3 is 2.92 bits per heavy atom. The molecule has 0 aromatic carbocycles. The van der Waals surface area contributed by atoms with Gasteiger partial charge in [0.2, 0.25) is 11.8 Å². The smallest absolute Gasteiger partial charge is 0.248 e. The summed E-state index contributed by atoms with van der Waals surface area (Å²) in [5.74, 6) is 1.38. The molecule has 2 aliphatic rings. The van der Waals surface area contributed by atoms with Crippen LogP contribution in [0.3, 0.4) is 0 Å². The minimum atomic E-state index is -0.389. The van der Waals surface area contributed by atoms with Crippen LogP contribution < -0.4 is 5.32 Å². The van der Waals surface area contributed by atoms with Gasteiger partial charge in [-0.2, -0.15) is 0 Å². The highest BCUT2D eigenvalue weighted by Crippen LogP contribution is 2.31. The van der Waals surface area contributed by atoms with Gasteiger partial charge in [-0.1, -0.05) is 12.8 Å². The fraction of sp³-hybridized carbons (Fsp3) is 0.500. The molecule has 7 nitrogen and oxygen atoms in total. The van der Waals surface area contributed by atoms with Gasteiger partial charge in [-0.25, -0.2) is 0 Å². The molecule has 1 saturated heterocycles. The number of fused-ring (bicyclic) bond motifs is 1. The molecule has 8 heteroatoms. The second-order valence-electron chi connectivity index (χ2n) is 6.31. The van der Waals surface area contributed by atoms with E-state index < -0.39 is 0 Å². The van der Waals surface area contributed by atoms with Crippen molar-refractivity contribution in [2.45, 2.75) is 31.7 Å². The van der Waals surface area contributed by atoms with Gasteiger partial charge in [0, 0.05) is 17.9 Å². The average molecular weight is 345 g/mol. The summed E-state index contributed by atoms with van der Waals surface area (Å²) >= 11 is 1.64. The summed E-state index contributed by atoms with van der Waals surface area (Å²) in [7, 11) is 0. The van der Waals surface area contributed by atoms with Crippen molar-refractivity contribution in [1.82, 2.24) is 19.5 Å². The first kappa shape index (κ1) is 15.4. The average Bonchev–Trinajstić information content (AvgIpc) is 3.33. The molecule has 2 amide bonds. The lowest BCUT2D eigenvalue weighted by Gasteiger charge is -2.25. The van der Waals surface area contributed by atoms with Crippen molar-refractivity contribution in [3.05, 3.63) is 24.7 Å². The third-order valence-electron chi connectivity index (χ3n) is 4.73. The van der Waals surface area contributed by atoms with E-state index in [1.165, 1.54) is 0 Å². The number of nitrogens with one attached hydrogen (secondary N) is 1. The number of thioether (sulfide) groups is 1. The zero-order chi connectivity index (χ0) is 16.5. The van der Waals surface area contributed by atoms with Crippen LogP contribution in [0.2, 0.25) is 0 Å². The summed E-state index contributed by atoms with van der Waals surface area (Å²) in [6, 6.07) is 3.21. The molecule has 1 saturated carbocycles. The Morgan fingerprint density at radius 2 is 2.08 bits per heavy atom. The standard InChI is InChI=1S/C16H19N5O2S/c22-15(18-12-5-6-14-19-17-9-20(14)7-12)13-8-24-10-21(13)16(23)11-3-1-2-4-11/h5-7,9,11,13H,1-4,8,10H2,(H,18,22)/t13-/m1/s1. The van der Waals surface area contributed by atoms with Crippen LogP contribution in [-0.4, -0.2) is 49.0 Å². The van der Waals surface area contributed by atoms with E-state index in [0.29, 0.717) is 17.3 Å². The van der Waals surface area contributed by atoms with Crippen molar-refractivity contribution in [3.63, 3.8) is 0 Å². The SMILES string of the molecule is O=C(Nc1ccc2nncn2c1)[C@H]1CSCN1C(=O)C1CCCC1. The molecule has 1 aliphatic heterocycles. The van der Waals surface area contributed by atoms with Crippen LogP contribution in [0.15, 0.2) is 24.7 Å². The predicted molar refractivity (Wildman–Crippen MR) is 91.5 cm³/mol. The fourth-order valence-electron chi connectivity index (χ4n) is 3.41. The molecule has 24 heavy (non-hydrogen) atoms. The first-order valence-electron chi connectivity index (χ1n) is 8.21. The number of carbonyl (C=O) groups excluding carboxylic acids is 2. The third kappa shape index (κ3) is 2.86. The Bertz CT molecular complexity index is 771. The lowest BCUT2D eigenvalue weighted by molar-refractivity contribution is -0.139. The van der Waals surface area contributed by atoms with Crippen LogP contribution in [-0.2, 0) is 9.59 Å². The van der Waals surface area contributed by atoms with Gasteiger partial charge in [-0.3, -0.25) is 14.0 Å². The van der Waals surface area contributed by atoms with Crippen molar-refractivity contribution in [2.75, 3.05) is 16.9 Å². The Morgan fingerprint density at radius 1 is 1.25 bits per heavy atom. The van der Waals surface area contributed by atoms with E-state index in [2.05, 4.69) is 15.5 Å². The van der Waals surface area contributed by atoms with Crippen molar-refractivity contribution in [3.8, 4) is 0 Å². The lowest BCUT2D eigenvalue weighted by atomic mass is 10.1. The van der Waals surface area contributed by atoms with Gasteiger partial charge >= 0.3 is 0 Å². The summed E-state index contributed by atoms with van der Waals surface area (Å²) < 4.78 is 1.75. The number of aromatic nitrogens is 3. The molecule has 0 bridgehead atoms. The largest absolute Gasteiger partial charge is 0.323 e. The molecule has 1 atom stereocenters. The fourth-order valence-corrected chi connectivity index (χ4v) is 4.58. The summed E-state index contributed by atoms with van der Waals surface area (Å²) in [6.07, 6.45) is 7.52. The second-order valence-corrected chi connectivity index (χ2v) is 7.31. The lowest BCUT2D eigenvalue weighted by Crippen LogP contribution is -2.46. The number of hydrogen-bond donors (Lipinski definition) is 1. The summed E-state index contributed by atoms with van der Waals surface area (Å²) in [5, 5.41) is 10.7. The van der Waals surface area contributed by atoms with Crippen molar-refractivity contribution in [2.24, 2.45) is 5.92 Å². The van der Waals surface area contributed by atoms with Crippen molar-refractivity contribution < 1.29 is 9.59 Å². The monoisotopic (exact) mass is 345 g/mol. The molecule has 2 fully saturated rings. The second kappa shape index (κ2) is 6.43. The molecule has 0 radical (unpaired) electrons. The highest BCUT2D eigenvalue weighted by atomic mass is 32.2. The molecule has 1 aliphatic carbocycles. The first-order valence-corrected chi connectivity index (χ1v) is 9.36. The van der Waals surface area contributed by atoms with Gasteiger partial charge < -0.3 is 10.2 Å². The third-order valence-corrected chi connectivity index (χ3v) is 5.74. The molecular formula is C16H19N5O2S. The number of amides is 2. The zero-order valence-electron chi connectivity index (χ0n) is 13.2. The Balaban J connectivity index is 1.47. The van der Waals surface area contributed by atoms with Crippen molar-refractivity contribution in [1.29, 1.82) is 0 Å². The molecule has 126 valence electrons. The molecule has 2 aromatic heterocycles. The van der Waals surface area contributed by atoms with Crippen LogP contribution in [0.5, 0.6) is 0 Å². The molecule has 1 N–H and O–H groups in total. The van der Waals surface area contributed by atoms with Gasteiger partial charge in [0.05, 0.1) is 11.6 Å². The van der Waals surface area contributed by atoms with Crippen LogP contribution in [0.25, 0.3) is 5.65 Å². The number of rotatable bonds is 3. The van der Waals surface area contributed by atoms with E-state index in [9.17, 15) is 9.59 Å². The van der Waals surface area contributed by atoms with E-state index in [4.69, 9.17) is 0 Å². The molecule has 0 spiro atoms. The number of hydrogen-bond acceptors (Lipinski definition) is 5. The van der Waals surface area contributed by atoms with Gasteiger partial charge in [0.1, 0.15) is 12.4 Å². The quantitative estimate of drug-likeness (QED) is 0.917. The molecular weight excluding hydrogens is 326 g/mol. The minimum Gasteiger partial charge on any atom is -0.323 e. The minimum absolute atomic E-state index is 0.104. The van der Waals surface area contributed by atoms with Gasteiger partial charge in [0.15, 0.2) is 5.65 Å². The van der Waals surface area contributed by atoms with E-state index in [-0.39, 0.29) is 23.8 Å². The number of anilines is 1. The van der Waals surface area contributed by atoms with Gasteiger partial charge in [-0.05, 0) is 25.0 Å². The highest BCUT2D eigenvalue weighted by Gasteiger charge is 2.38. The van der Waals surface area contributed by atoms with Crippen LogP contribution in [0, 0.1) is 5.92 Å². The summed E-state index contributed by atoms with van der Waals surface area (Å²) in [6.45, 7) is 0. The van der Waals surface area contributed by atoms with E-state index in [1.807, 2.05) is 0 Å². The number of nitrogens with zero attached hydrogens (tertiary/aromatic N) is 4. The highest BCUT2D eigenvalue weighted by molar-refractivity contribution is 7.99. The number of pyridine rings is 1. The molecule has 3 heterocycles. The van der Waals surface area contributed by atoms with Crippen LogP contribution >= 0.6 is 11.8 Å². The maximum Gasteiger partial charge on any atom is 0.248 e. The van der Waals surface area contributed by atoms with E-state index in [0.717, 1.165) is 31.3 Å². The molecule has 4 rings (SSSR count). The Labute approximate surface area is 143 Å². The Hall–Kier alpha value is -2.09. The number of carbonyl (C=O) groups is 2. The van der Waals surface area contributed by atoms with E-state index >= 15 is 0 Å². The van der Waals surface area contributed by atoms with Gasteiger partial charge in [0.25, 0.3) is 0 Å². The van der Waals surface area contributed by atoms with Crippen LogP contribution in [0.4, 0.5) is 5.69 Å². The Kier molecular flexibility index (Phi) is 4.13. The van der Waals surface area contributed by atoms with Crippen LogP contribution in [0.1, 0.15) is 25.7 Å². The predicted octanol–water partition coefficient (Wildman–Crippen LogP) is 1.76. The maximum atomic E-state index is 12.7. The van der Waals surface area contributed by atoms with Gasteiger partial charge in [-0.15, -0.1) is 22.0 Å². The van der Waals surface area contributed by atoms with E-state index in [1.54, 1.807) is 45.7 Å². The van der Waals surface area contributed by atoms with Crippen molar-refractivity contribution >= 4 is 34.9 Å². The summed E-state index contributed by atoms with van der Waals surface area (Å²) in [4.78, 5) is 27.1. The normalized spacial score (nSPS) is 21.5. The summed E-state index contributed by atoms with van der Waals surface area (Å²) in [5.41, 5.74) is 1.40. The maximum absolute atomic E-state index is 12.7. The molecule has 2 aromatic rings. The first-order chi connectivity index (χ1) is 11.7. The molecule has 0 unspecified atom stereocenters.